The quantitative estimate of drug-likeness (QED) is 0.773. The molecule has 0 fully saturated rings. The van der Waals surface area contributed by atoms with Gasteiger partial charge in [0, 0.05) is 19.5 Å². The summed E-state index contributed by atoms with van der Waals surface area (Å²) in [6.45, 7) is 0. The SMILES string of the molecule is CN(C)Nc1nc2ccccc2cc1C#N. The van der Waals surface area contributed by atoms with Crippen LogP contribution >= 0.6 is 0 Å². The van der Waals surface area contributed by atoms with Crippen LogP contribution in [0.1, 0.15) is 5.56 Å². The van der Waals surface area contributed by atoms with Crippen LogP contribution in [0.5, 0.6) is 0 Å². The number of hydrogen-bond donors (Lipinski definition) is 1. The summed E-state index contributed by atoms with van der Waals surface area (Å²) < 4.78 is 0. The molecular weight excluding hydrogens is 200 g/mol. The highest BCUT2D eigenvalue weighted by Crippen LogP contribution is 2.19. The number of pyridine rings is 1. The van der Waals surface area contributed by atoms with Crippen molar-refractivity contribution in [2.24, 2.45) is 0 Å². The van der Waals surface area contributed by atoms with Crippen LogP contribution in [0.3, 0.4) is 0 Å². The normalized spacial score (nSPS) is 10.4. The van der Waals surface area contributed by atoms with Gasteiger partial charge in [0.1, 0.15) is 6.07 Å². The van der Waals surface area contributed by atoms with Crippen molar-refractivity contribution in [2.75, 3.05) is 19.5 Å². The third-order valence-corrected chi connectivity index (χ3v) is 2.17. The van der Waals surface area contributed by atoms with Gasteiger partial charge in [-0.1, -0.05) is 18.2 Å². The van der Waals surface area contributed by atoms with Crippen molar-refractivity contribution in [3.05, 3.63) is 35.9 Å². The lowest BCUT2D eigenvalue weighted by molar-refractivity contribution is 0.492. The monoisotopic (exact) mass is 212 g/mol. The van der Waals surface area contributed by atoms with Crippen LogP contribution in [-0.2, 0) is 0 Å². The van der Waals surface area contributed by atoms with E-state index in [4.69, 9.17) is 5.26 Å². The molecule has 0 aliphatic rings. The molecule has 0 saturated carbocycles. The van der Waals surface area contributed by atoms with Gasteiger partial charge in [-0.25, -0.2) is 9.99 Å². The second-order valence-electron chi connectivity index (χ2n) is 3.70. The summed E-state index contributed by atoms with van der Waals surface area (Å²) in [7, 11) is 3.72. The maximum atomic E-state index is 9.04. The Morgan fingerprint density at radius 3 is 2.75 bits per heavy atom. The minimum atomic E-state index is 0.549. The Labute approximate surface area is 94.1 Å². The predicted octanol–water partition coefficient (Wildman–Crippen LogP) is 1.99. The Kier molecular flexibility index (Phi) is 2.71. The number of para-hydroxylation sites is 1. The van der Waals surface area contributed by atoms with E-state index < -0.39 is 0 Å². The largest absolute Gasteiger partial charge is 0.303 e. The van der Waals surface area contributed by atoms with Crippen molar-refractivity contribution < 1.29 is 0 Å². The lowest BCUT2D eigenvalue weighted by atomic mass is 10.1. The van der Waals surface area contributed by atoms with Crippen LogP contribution in [0.15, 0.2) is 30.3 Å². The average molecular weight is 212 g/mol. The highest BCUT2D eigenvalue weighted by Gasteiger charge is 2.06. The first-order valence-electron chi connectivity index (χ1n) is 4.94. The van der Waals surface area contributed by atoms with E-state index in [1.807, 2.05) is 44.4 Å². The van der Waals surface area contributed by atoms with Crippen LogP contribution in [-0.4, -0.2) is 24.1 Å². The van der Waals surface area contributed by atoms with E-state index in [-0.39, 0.29) is 0 Å². The van der Waals surface area contributed by atoms with Crippen LogP contribution < -0.4 is 5.43 Å². The molecule has 0 amide bonds. The van der Waals surface area contributed by atoms with Gasteiger partial charge in [-0.15, -0.1) is 0 Å². The zero-order valence-corrected chi connectivity index (χ0v) is 9.23. The number of hydrazine groups is 1. The molecule has 4 nitrogen and oxygen atoms in total. The second kappa shape index (κ2) is 4.17. The summed E-state index contributed by atoms with van der Waals surface area (Å²) in [5.74, 6) is 0.589. The van der Waals surface area contributed by atoms with Crippen LogP contribution in [0.25, 0.3) is 10.9 Å². The van der Waals surface area contributed by atoms with E-state index in [2.05, 4.69) is 16.5 Å². The van der Waals surface area contributed by atoms with E-state index in [1.54, 1.807) is 5.01 Å². The zero-order chi connectivity index (χ0) is 11.5. The average Bonchev–Trinajstić information content (AvgIpc) is 2.27. The molecule has 1 aromatic heterocycles. The summed E-state index contributed by atoms with van der Waals surface area (Å²) in [5, 5.41) is 11.8. The van der Waals surface area contributed by atoms with E-state index in [1.165, 1.54) is 0 Å². The van der Waals surface area contributed by atoms with Crippen molar-refractivity contribution in [3.8, 4) is 6.07 Å². The van der Waals surface area contributed by atoms with Crippen molar-refractivity contribution in [3.63, 3.8) is 0 Å². The minimum absolute atomic E-state index is 0.549. The Balaban J connectivity index is 2.59. The Bertz CT molecular complexity index is 554. The Morgan fingerprint density at radius 2 is 2.06 bits per heavy atom. The molecule has 16 heavy (non-hydrogen) atoms. The Hall–Kier alpha value is -2.12. The first-order chi connectivity index (χ1) is 7.70. The topological polar surface area (TPSA) is 52.0 Å². The van der Waals surface area contributed by atoms with Gasteiger partial charge in [-0.2, -0.15) is 5.26 Å². The zero-order valence-electron chi connectivity index (χ0n) is 9.23. The molecule has 1 N–H and O–H groups in total. The fourth-order valence-electron chi connectivity index (χ4n) is 1.50. The molecule has 0 bridgehead atoms. The van der Waals surface area contributed by atoms with Crippen LogP contribution in [0.4, 0.5) is 5.82 Å². The second-order valence-corrected chi connectivity index (χ2v) is 3.70. The molecule has 0 radical (unpaired) electrons. The van der Waals surface area contributed by atoms with Crippen molar-refractivity contribution >= 4 is 16.7 Å². The molecular formula is C12H12N4. The van der Waals surface area contributed by atoms with Gasteiger partial charge < -0.3 is 5.43 Å². The van der Waals surface area contributed by atoms with Gasteiger partial charge in [-0.3, -0.25) is 0 Å². The van der Waals surface area contributed by atoms with Gasteiger partial charge in [0.2, 0.25) is 0 Å². The Morgan fingerprint density at radius 1 is 1.31 bits per heavy atom. The van der Waals surface area contributed by atoms with E-state index in [0.717, 1.165) is 10.9 Å². The number of nitrogens with one attached hydrogen (secondary N) is 1. The van der Waals surface area contributed by atoms with Gasteiger partial charge in [0.05, 0.1) is 11.1 Å². The van der Waals surface area contributed by atoms with E-state index >= 15 is 0 Å². The van der Waals surface area contributed by atoms with E-state index in [0.29, 0.717) is 11.4 Å². The van der Waals surface area contributed by atoms with E-state index in [9.17, 15) is 0 Å². The van der Waals surface area contributed by atoms with Gasteiger partial charge in [-0.05, 0) is 12.1 Å². The smallest absolute Gasteiger partial charge is 0.159 e. The number of aromatic nitrogens is 1. The number of benzene rings is 1. The fourth-order valence-corrected chi connectivity index (χ4v) is 1.50. The summed E-state index contributed by atoms with van der Waals surface area (Å²) in [6.07, 6.45) is 0. The molecule has 1 heterocycles. The number of fused-ring (bicyclic) bond motifs is 1. The molecule has 2 aromatic rings. The van der Waals surface area contributed by atoms with Crippen molar-refractivity contribution in [1.29, 1.82) is 5.26 Å². The van der Waals surface area contributed by atoms with Crippen LogP contribution in [0, 0.1) is 11.3 Å². The molecule has 0 aliphatic carbocycles. The highest BCUT2D eigenvalue weighted by atomic mass is 15.5. The maximum absolute atomic E-state index is 9.04. The maximum Gasteiger partial charge on any atom is 0.159 e. The molecule has 2 rings (SSSR count). The lowest BCUT2D eigenvalue weighted by Crippen LogP contribution is -2.21. The molecule has 80 valence electrons. The molecule has 0 unspecified atom stereocenters. The summed E-state index contributed by atoms with van der Waals surface area (Å²) >= 11 is 0. The third kappa shape index (κ3) is 1.95. The van der Waals surface area contributed by atoms with Gasteiger partial charge >= 0.3 is 0 Å². The first kappa shape index (κ1) is 10.4. The first-order valence-corrected chi connectivity index (χ1v) is 4.94. The molecule has 4 heteroatoms. The highest BCUT2D eigenvalue weighted by molar-refractivity contribution is 5.82. The minimum Gasteiger partial charge on any atom is -0.303 e. The molecule has 0 aliphatic heterocycles. The fraction of sp³-hybridized carbons (Fsp3) is 0.167. The van der Waals surface area contributed by atoms with Crippen molar-refractivity contribution in [2.45, 2.75) is 0 Å². The molecule has 0 saturated heterocycles. The number of hydrogen-bond acceptors (Lipinski definition) is 4. The van der Waals surface area contributed by atoms with Crippen LogP contribution in [0.2, 0.25) is 0 Å². The summed E-state index contributed by atoms with van der Waals surface area (Å²) in [4.78, 5) is 4.41. The number of nitriles is 1. The number of anilines is 1. The summed E-state index contributed by atoms with van der Waals surface area (Å²) in [6, 6.07) is 11.7. The third-order valence-electron chi connectivity index (χ3n) is 2.17. The predicted molar refractivity (Wildman–Crippen MR) is 63.8 cm³/mol. The molecule has 1 aromatic carbocycles. The van der Waals surface area contributed by atoms with Gasteiger partial charge in [0.25, 0.3) is 0 Å². The van der Waals surface area contributed by atoms with Gasteiger partial charge in [0.15, 0.2) is 5.82 Å². The number of nitrogens with zero attached hydrogens (tertiary/aromatic N) is 3. The molecule has 0 spiro atoms. The summed E-state index contributed by atoms with van der Waals surface area (Å²) in [5.41, 5.74) is 4.45. The standard InChI is InChI=1S/C12H12N4/c1-16(2)15-12-10(8-13)7-9-5-3-4-6-11(9)14-12/h3-7H,1-2H3,(H,14,15). The van der Waals surface area contributed by atoms with Crippen molar-refractivity contribution in [1.82, 2.24) is 9.99 Å². The lowest BCUT2D eigenvalue weighted by Gasteiger charge is -2.14. The molecule has 0 atom stereocenters. The number of rotatable bonds is 2.